The monoisotopic (exact) mass is 210 g/mol. The van der Waals surface area contributed by atoms with Crippen LogP contribution in [0.3, 0.4) is 0 Å². The summed E-state index contributed by atoms with van der Waals surface area (Å²) in [5.41, 5.74) is 3.84. The van der Waals surface area contributed by atoms with Crippen molar-refractivity contribution in [3.63, 3.8) is 0 Å². The van der Waals surface area contributed by atoms with E-state index < -0.39 is 0 Å². The Labute approximate surface area is 92.3 Å². The van der Waals surface area contributed by atoms with Crippen molar-refractivity contribution in [2.45, 2.75) is 58.8 Å². The zero-order chi connectivity index (χ0) is 11.1. The second-order valence-electron chi connectivity index (χ2n) is 4.39. The molecule has 1 fully saturated rings. The van der Waals surface area contributed by atoms with Crippen LogP contribution in [0.4, 0.5) is 0 Å². The van der Waals surface area contributed by atoms with E-state index in [9.17, 15) is 4.79 Å². The summed E-state index contributed by atoms with van der Waals surface area (Å²) in [5.74, 6) is 0.604. The number of hydrogen-bond acceptors (Lipinski definition) is 2. The van der Waals surface area contributed by atoms with Crippen molar-refractivity contribution in [3.8, 4) is 0 Å². The first-order valence-electron chi connectivity index (χ1n) is 6.09. The number of nitrogens with zero attached hydrogens (tertiary/aromatic N) is 1. The van der Waals surface area contributed by atoms with Gasteiger partial charge in [0, 0.05) is 12.1 Å². The minimum Gasteiger partial charge on any atom is -0.273 e. The van der Waals surface area contributed by atoms with Gasteiger partial charge in [-0.05, 0) is 31.6 Å². The number of amides is 1. The highest BCUT2D eigenvalue weighted by Gasteiger charge is 2.15. The van der Waals surface area contributed by atoms with Gasteiger partial charge in [0.05, 0.1) is 0 Å². The minimum atomic E-state index is 0.0575. The molecular weight excluding hydrogens is 188 g/mol. The molecule has 0 saturated heterocycles. The van der Waals surface area contributed by atoms with E-state index in [1.807, 2.05) is 0 Å². The molecule has 1 amide bonds. The highest BCUT2D eigenvalue weighted by Crippen LogP contribution is 2.20. The maximum Gasteiger partial charge on any atom is 0.240 e. The van der Waals surface area contributed by atoms with Crippen molar-refractivity contribution in [1.29, 1.82) is 0 Å². The molecule has 86 valence electrons. The smallest absolute Gasteiger partial charge is 0.240 e. The molecular formula is C12H22N2O. The Morgan fingerprint density at radius 3 is 3.00 bits per heavy atom. The van der Waals surface area contributed by atoms with Gasteiger partial charge in [-0.25, -0.2) is 5.43 Å². The van der Waals surface area contributed by atoms with E-state index in [-0.39, 0.29) is 5.91 Å². The highest BCUT2D eigenvalue weighted by atomic mass is 16.2. The molecule has 1 aliphatic rings. The van der Waals surface area contributed by atoms with Gasteiger partial charge in [-0.15, -0.1) is 0 Å². The van der Waals surface area contributed by atoms with Crippen LogP contribution < -0.4 is 5.43 Å². The number of carbonyl (C=O) groups excluding carboxylic acids is 1. The number of nitrogens with one attached hydrogen (secondary N) is 1. The summed E-state index contributed by atoms with van der Waals surface area (Å²) >= 11 is 0. The molecule has 3 nitrogen and oxygen atoms in total. The number of carbonyl (C=O) groups is 1. The molecule has 1 atom stereocenters. The fourth-order valence-electron chi connectivity index (χ4n) is 1.86. The molecule has 0 aliphatic heterocycles. The maximum atomic E-state index is 11.3. The van der Waals surface area contributed by atoms with Crippen LogP contribution in [0.2, 0.25) is 0 Å². The lowest BCUT2D eigenvalue weighted by Crippen LogP contribution is -2.24. The van der Waals surface area contributed by atoms with Gasteiger partial charge in [-0.2, -0.15) is 5.10 Å². The largest absolute Gasteiger partial charge is 0.273 e. The van der Waals surface area contributed by atoms with E-state index >= 15 is 0 Å². The zero-order valence-electron chi connectivity index (χ0n) is 9.88. The second kappa shape index (κ2) is 6.59. The van der Waals surface area contributed by atoms with E-state index in [1.54, 1.807) is 0 Å². The third kappa shape index (κ3) is 4.45. The van der Waals surface area contributed by atoms with Crippen LogP contribution in [0.1, 0.15) is 58.8 Å². The summed E-state index contributed by atoms with van der Waals surface area (Å²) in [7, 11) is 0. The lowest BCUT2D eigenvalue weighted by atomic mass is 9.89. The van der Waals surface area contributed by atoms with E-state index in [4.69, 9.17) is 0 Å². The number of rotatable bonds is 4. The minimum absolute atomic E-state index is 0.0575. The van der Waals surface area contributed by atoms with Crippen molar-refractivity contribution in [2.75, 3.05) is 0 Å². The molecule has 0 spiro atoms. The van der Waals surface area contributed by atoms with Gasteiger partial charge in [0.2, 0.25) is 5.91 Å². The van der Waals surface area contributed by atoms with Crippen molar-refractivity contribution < 1.29 is 4.79 Å². The van der Waals surface area contributed by atoms with Crippen molar-refractivity contribution in [1.82, 2.24) is 5.43 Å². The average Bonchev–Trinajstić information content (AvgIpc) is 2.25. The summed E-state index contributed by atoms with van der Waals surface area (Å²) in [6, 6.07) is 0. The van der Waals surface area contributed by atoms with Gasteiger partial charge in [0.15, 0.2) is 0 Å². The lowest BCUT2D eigenvalue weighted by molar-refractivity contribution is -0.121. The standard InChI is InChI=1S/C12H22N2O/c1-3-4-9-12(15)14-13-11-8-6-5-7-10(11)2/h10H,3-9H2,1-2H3,(H,14,15). The van der Waals surface area contributed by atoms with E-state index in [1.165, 1.54) is 25.0 Å². The normalized spacial score (nSPS) is 24.1. The summed E-state index contributed by atoms with van der Waals surface area (Å²) in [5, 5.41) is 4.23. The number of hydrogen-bond donors (Lipinski definition) is 1. The molecule has 0 bridgehead atoms. The number of unbranched alkanes of at least 4 members (excludes halogenated alkanes) is 1. The van der Waals surface area contributed by atoms with Crippen LogP contribution in [-0.4, -0.2) is 11.6 Å². The van der Waals surface area contributed by atoms with Crippen LogP contribution in [0.15, 0.2) is 5.10 Å². The topological polar surface area (TPSA) is 41.5 Å². The Morgan fingerprint density at radius 2 is 2.33 bits per heavy atom. The van der Waals surface area contributed by atoms with Crippen molar-refractivity contribution >= 4 is 11.6 Å². The Hall–Kier alpha value is -0.860. The van der Waals surface area contributed by atoms with E-state index in [0.29, 0.717) is 12.3 Å². The van der Waals surface area contributed by atoms with E-state index in [0.717, 1.165) is 19.3 Å². The second-order valence-corrected chi connectivity index (χ2v) is 4.39. The maximum absolute atomic E-state index is 11.3. The van der Waals surface area contributed by atoms with Crippen molar-refractivity contribution in [2.24, 2.45) is 11.0 Å². The Morgan fingerprint density at radius 1 is 1.53 bits per heavy atom. The van der Waals surface area contributed by atoms with Crippen LogP contribution in [-0.2, 0) is 4.79 Å². The molecule has 0 heterocycles. The molecule has 0 aromatic rings. The molecule has 1 aliphatic carbocycles. The number of hydrazone groups is 1. The van der Waals surface area contributed by atoms with Crippen LogP contribution in [0.25, 0.3) is 0 Å². The highest BCUT2D eigenvalue weighted by molar-refractivity contribution is 5.88. The molecule has 0 radical (unpaired) electrons. The van der Waals surface area contributed by atoms with Gasteiger partial charge in [-0.3, -0.25) is 4.79 Å². The molecule has 1 rings (SSSR count). The van der Waals surface area contributed by atoms with Crippen LogP contribution in [0, 0.1) is 5.92 Å². The molecule has 3 heteroatoms. The van der Waals surface area contributed by atoms with Gasteiger partial charge in [-0.1, -0.05) is 26.7 Å². The molecule has 1 saturated carbocycles. The Balaban J connectivity index is 2.31. The Kier molecular flexibility index (Phi) is 5.37. The summed E-state index contributed by atoms with van der Waals surface area (Å²) < 4.78 is 0. The third-order valence-electron chi connectivity index (χ3n) is 2.97. The fourth-order valence-corrected chi connectivity index (χ4v) is 1.86. The molecule has 0 aromatic heterocycles. The molecule has 0 aromatic carbocycles. The Bertz CT molecular complexity index is 236. The van der Waals surface area contributed by atoms with Gasteiger partial charge >= 0.3 is 0 Å². The van der Waals surface area contributed by atoms with E-state index in [2.05, 4.69) is 24.4 Å². The predicted octanol–water partition coefficient (Wildman–Crippen LogP) is 2.86. The summed E-state index contributed by atoms with van der Waals surface area (Å²) in [6.07, 6.45) is 7.38. The first kappa shape index (κ1) is 12.2. The quantitative estimate of drug-likeness (QED) is 0.712. The molecule has 1 N–H and O–H groups in total. The summed E-state index contributed by atoms with van der Waals surface area (Å²) in [6.45, 7) is 4.28. The SMILES string of the molecule is CCCCC(=O)NN=C1CCCCC1C. The first-order valence-corrected chi connectivity index (χ1v) is 6.09. The van der Waals surface area contributed by atoms with Crippen LogP contribution >= 0.6 is 0 Å². The lowest BCUT2D eigenvalue weighted by Gasteiger charge is -2.19. The fraction of sp³-hybridized carbons (Fsp3) is 0.833. The van der Waals surface area contributed by atoms with Crippen molar-refractivity contribution in [3.05, 3.63) is 0 Å². The van der Waals surface area contributed by atoms with Gasteiger partial charge < -0.3 is 0 Å². The average molecular weight is 210 g/mol. The van der Waals surface area contributed by atoms with Gasteiger partial charge in [0.25, 0.3) is 0 Å². The van der Waals surface area contributed by atoms with Crippen LogP contribution in [0.5, 0.6) is 0 Å². The molecule has 1 unspecified atom stereocenters. The first-order chi connectivity index (χ1) is 7.24. The third-order valence-corrected chi connectivity index (χ3v) is 2.97. The summed E-state index contributed by atoms with van der Waals surface area (Å²) in [4.78, 5) is 11.3. The molecule has 15 heavy (non-hydrogen) atoms. The zero-order valence-corrected chi connectivity index (χ0v) is 9.88. The van der Waals surface area contributed by atoms with Gasteiger partial charge in [0.1, 0.15) is 0 Å². The predicted molar refractivity (Wildman–Crippen MR) is 62.7 cm³/mol.